The predicted molar refractivity (Wildman–Crippen MR) is 162 cm³/mol. The average Bonchev–Trinajstić information content (AvgIpc) is 3.56. The van der Waals surface area contributed by atoms with Crippen LogP contribution in [0.4, 0.5) is 13.2 Å². The number of primary amides is 1. The molecule has 0 spiro atoms. The highest BCUT2D eigenvalue weighted by molar-refractivity contribution is 7.84. The van der Waals surface area contributed by atoms with Crippen molar-refractivity contribution < 1.29 is 45.2 Å². The first-order valence-corrected chi connectivity index (χ1v) is 15.4. The lowest BCUT2D eigenvalue weighted by Crippen LogP contribution is -2.33. The fraction of sp³-hybridized carbons (Fsp3) is 0.321. The van der Waals surface area contributed by atoms with E-state index in [0.717, 1.165) is 21.7 Å². The Hall–Kier alpha value is -4.19. The van der Waals surface area contributed by atoms with Crippen LogP contribution < -0.4 is 14.7 Å². The first kappa shape index (κ1) is 35.3. The van der Waals surface area contributed by atoms with Crippen LogP contribution >= 0.6 is 11.3 Å². The zero-order valence-electron chi connectivity index (χ0n) is 24.7. The van der Waals surface area contributed by atoms with Crippen molar-refractivity contribution >= 4 is 45.1 Å². The van der Waals surface area contributed by atoms with Crippen LogP contribution in [0.2, 0.25) is 0 Å². The van der Waals surface area contributed by atoms with Crippen LogP contribution in [0.3, 0.4) is 0 Å². The molecule has 1 amide bonds. The van der Waals surface area contributed by atoms with Gasteiger partial charge >= 0.3 is 16.5 Å². The number of halogens is 3. The number of nitrogens with zero attached hydrogens (tertiary/aromatic N) is 4. The second-order valence-electron chi connectivity index (χ2n) is 9.88. The summed E-state index contributed by atoms with van der Waals surface area (Å²) in [5.41, 5.74) is 5.58. The van der Waals surface area contributed by atoms with Crippen molar-refractivity contribution in [2.24, 2.45) is 5.73 Å². The summed E-state index contributed by atoms with van der Waals surface area (Å²) in [5.74, 6) is -0.776. The number of hydrogen-bond donors (Lipinski definition) is 2. The molecule has 45 heavy (non-hydrogen) atoms. The number of imidazole rings is 1. The summed E-state index contributed by atoms with van der Waals surface area (Å²) in [6.07, 6.45) is -3.59. The number of hydrogen-bond acceptors (Lipinski definition) is 9. The Balaban J connectivity index is 0.00000177. The van der Waals surface area contributed by atoms with Crippen LogP contribution in [0, 0.1) is 0 Å². The zero-order valence-corrected chi connectivity index (χ0v) is 26.3. The van der Waals surface area contributed by atoms with Crippen molar-refractivity contribution in [3.63, 3.8) is 0 Å². The van der Waals surface area contributed by atoms with E-state index in [0.29, 0.717) is 29.0 Å². The second kappa shape index (κ2) is 14.7. The summed E-state index contributed by atoms with van der Waals surface area (Å²) in [4.78, 5) is 26.9. The van der Waals surface area contributed by atoms with E-state index < -0.39 is 34.1 Å². The molecule has 3 N–H and O–H groups in total. The Morgan fingerprint density at radius 2 is 1.82 bits per heavy atom. The van der Waals surface area contributed by atoms with Crippen molar-refractivity contribution in [2.45, 2.75) is 25.6 Å². The number of rotatable bonds is 12. The van der Waals surface area contributed by atoms with Gasteiger partial charge in [0.25, 0.3) is 12.4 Å². The molecule has 4 rings (SSSR count). The van der Waals surface area contributed by atoms with Crippen molar-refractivity contribution in [3.05, 3.63) is 70.9 Å². The molecule has 12 nitrogen and oxygen atoms in total. The third-order valence-corrected chi connectivity index (χ3v) is 8.81. The van der Waals surface area contributed by atoms with E-state index in [1.165, 1.54) is 56.7 Å². The molecule has 0 saturated carbocycles. The normalized spacial score (nSPS) is 12.6. The first-order chi connectivity index (χ1) is 21.1. The van der Waals surface area contributed by atoms with Gasteiger partial charge in [0.15, 0.2) is 0 Å². The summed E-state index contributed by atoms with van der Waals surface area (Å²) in [6.45, 7) is 2.17. The highest BCUT2D eigenvalue weighted by Gasteiger charge is 2.35. The summed E-state index contributed by atoms with van der Waals surface area (Å²) < 4.78 is 80.1. The molecule has 0 fully saturated rings. The minimum Gasteiger partial charge on any atom is -0.484 e. The maximum Gasteiger partial charge on any atom is 0.416 e. The minimum atomic E-state index is -4.59. The molecule has 1 atom stereocenters. The topological polar surface area (TPSA) is 157 Å². The van der Waals surface area contributed by atoms with E-state index in [9.17, 15) is 26.4 Å². The Bertz CT molecular complexity index is 1740. The fourth-order valence-corrected chi connectivity index (χ4v) is 5.98. The van der Waals surface area contributed by atoms with Crippen LogP contribution in [0.5, 0.6) is 11.5 Å². The molecule has 2 aromatic carbocycles. The quantitative estimate of drug-likeness (QED) is 0.206. The van der Waals surface area contributed by atoms with Crippen LogP contribution in [0.1, 0.15) is 40.2 Å². The van der Waals surface area contributed by atoms with Gasteiger partial charge in [-0.2, -0.15) is 25.9 Å². The van der Waals surface area contributed by atoms with Crippen molar-refractivity contribution in [3.8, 4) is 16.5 Å². The Kier molecular flexibility index (Phi) is 11.5. The number of carboxylic acid groups (broad SMARTS) is 1. The van der Waals surface area contributed by atoms with Gasteiger partial charge in [-0.25, -0.2) is 4.98 Å². The van der Waals surface area contributed by atoms with Gasteiger partial charge in [-0.1, -0.05) is 18.2 Å². The van der Waals surface area contributed by atoms with Gasteiger partial charge in [-0.3, -0.25) is 14.2 Å². The monoisotopic (exact) mass is 671 g/mol. The standard InChI is InChI=1S/C27H30F3N5O5S2.CH2O2/c1-17(19-8-5-6-9-20(19)27(28,29)30)39-23-15-24(41-25(23)26(31)36)35-16-32-21-11-10-18(14-22(21)35)40-42(37,38)34(4)13-7-12-33(2)3;2-1-3/h5-6,8-11,14-17H,7,12-13H2,1-4H3,(H2,31,36);1H,(H,2,3)/t17-;/m1./s1. The third-order valence-electron chi connectivity index (χ3n) is 6.33. The molecule has 0 bridgehead atoms. The molecule has 4 aromatic rings. The van der Waals surface area contributed by atoms with Crippen LogP contribution in [-0.4, -0.2) is 78.9 Å². The fourth-order valence-electron chi connectivity index (χ4n) is 4.23. The number of nitrogens with two attached hydrogens (primary N) is 1. The van der Waals surface area contributed by atoms with Gasteiger partial charge in [-0.15, -0.1) is 11.3 Å². The zero-order chi connectivity index (χ0) is 33.5. The molecule has 0 saturated heterocycles. The highest BCUT2D eigenvalue weighted by atomic mass is 32.2. The molecule has 17 heteroatoms. The van der Waals surface area contributed by atoms with E-state index >= 15 is 0 Å². The van der Waals surface area contributed by atoms with Gasteiger partial charge in [0.2, 0.25) is 0 Å². The van der Waals surface area contributed by atoms with Gasteiger partial charge < -0.3 is 24.7 Å². The Morgan fingerprint density at radius 3 is 2.44 bits per heavy atom. The summed E-state index contributed by atoms with van der Waals surface area (Å²) in [7, 11) is 1.14. The van der Waals surface area contributed by atoms with Crippen molar-refractivity contribution in [1.82, 2.24) is 18.8 Å². The van der Waals surface area contributed by atoms with Gasteiger partial charge in [0.05, 0.1) is 16.6 Å². The van der Waals surface area contributed by atoms with Crippen LogP contribution in [0.15, 0.2) is 54.9 Å². The lowest BCUT2D eigenvalue weighted by atomic mass is 10.0. The third kappa shape index (κ3) is 8.93. The number of carbonyl (C=O) groups excluding carboxylic acids is 1. The number of fused-ring (bicyclic) bond motifs is 1. The van der Waals surface area contributed by atoms with E-state index in [2.05, 4.69) is 4.98 Å². The number of carbonyl (C=O) groups is 2. The number of amides is 1. The molecule has 0 aliphatic heterocycles. The number of ether oxygens (including phenoxy) is 1. The van der Waals surface area contributed by atoms with Crippen LogP contribution in [0.25, 0.3) is 16.0 Å². The molecule has 0 aliphatic carbocycles. The molecule has 0 radical (unpaired) electrons. The molecular weight excluding hydrogens is 639 g/mol. The number of aromatic nitrogens is 2. The van der Waals surface area contributed by atoms with E-state index in [1.807, 2.05) is 19.0 Å². The Morgan fingerprint density at radius 1 is 1.16 bits per heavy atom. The molecule has 2 aromatic heterocycles. The molecule has 0 unspecified atom stereocenters. The molecule has 0 aliphatic rings. The summed E-state index contributed by atoms with van der Waals surface area (Å²) in [6, 6.07) is 11.0. The smallest absolute Gasteiger partial charge is 0.416 e. The minimum absolute atomic E-state index is 0.00230. The average molecular weight is 672 g/mol. The second-order valence-corrected chi connectivity index (χ2v) is 12.6. The number of thiophene rings is 1. The maximum absolute atomic E-state index is 13.6. The van der Waals surface area contributed by atoms with Crippen molar-refractivity contribution in [1.29, 1.82) is 0 Å². The SMILES string of the molecule is C[C@@H](Oc1cc(-n2cnc3ccc(OS(=O)(=O)N(C)CCCN(C)C)cc32)sc1C(N)=O)c1ccccc1C(F)(F)F.O=CO. The van der Waals surface area contributed by atoms with E-state index in [-0.39, 0.29) is 35.0 Å². The van der Waals surface area contributed by atoms with E-state index in [1.54, 1.807) is 10.6 Å². The largest absolute Gasteiger partial charge is 0.484 e. The predicted octanol–water partition coefficient (Wildman–Crippen LogP) is 4.55. The lowest BCUT2D eigenvalue weighted by molar-refractivity contribution is -0.139. The summed E-state index contributed by atoms with van der Waals surface area (Å²) >= 11 is 0.952. The van der Waals surface area contributed by atoms with Gasteiger partial charge in [0, 0.05) is 31.3 Å². The maximum atomic E-state index is 13.6. The van der Waals surface area contributed by atoms with Gasteiger partial charge in [-0.05, 0) is 52.2 Å². The highest BCUT2D eigenvalue weighted by Crippen LogP contribution is 2.39. The van der Waals surface area contributed by atoms with E-state index in [4.69, 9.17) is 24.6 Å². The van der Waals surface area contributed by atoms with Crippen LogP contribution in [-0.2, 0) is 21.3 Å². The molecule has 2 heterocycles. The molecule has 244 valence electrons. The van der Waals surface area contributed by atoms with Gasteiger partial charge in [0.1, 0.15) is 33.8 Å². The number of alkyl halides is 3. The van der Waals surface area contributed by atoms with Crippen molar-refractivity contribution in [2.75, 3.05) is 34.2 Å². The lowest BCUT2D eigenvalue weighted by Gasteiger charge is -2.19. The first-order valence-electron chi connectivity index (χ1n) is 13.2. The number of benzene rings is 2. The molecular formula is C28H32F3N5O7S2. The summed E-state index contributed by atoms with van der Waals surface area (Å²) in [5, 5.41) is 7.30. The Labute approximate surface area is 261 Å².